The Morgan fingerprint density at radius 3 is 2.74 bits per heavy atom. The van der Waals surface area contributed by atoms with Gasteiger partial charge in [0.2, 0.25) is 0 Å². The molecule has 3 aromatic rings. The molecular weight excluding hydrogens is 308 g/mol. The number of nitrogens with one attached hydrogen (secondary N) is 1. The van der Waals surface area contributed by atoms with Crippen LogP contribution in [0.5, 0.6) is 0 Å². The van der Waals surface area contributed by atoms with Crippen LogP contribution < -0.4 is 16.8 Å². The summed E-state index contributed by atoms with van der Waals surface area (Å²) in [6, 6.07) is 12.0. The van der Waals surface area contributed by atoms with Gasteiger partial charge < -0.3 is 16.8 Å². The number of carbonyl (C=O) groups excluding carboxylic acids is 1. The van der Waals surface area contributed by atoms with Crippen LogP contribution in [0, 0.1) is 6.92 Å². The number of hydrogen-bond acceptors (Lipinski definition) is 5. The maximum atomic E-state index is 12.2. The van der Waals surface area contributed by atoms with E-state index in [-0.39, 0.29) is 5.91 Å². The van der Waals surface area contributed by atoms with Gasteiger partial charge in [0.15, 0.2) is 0 Å². The molecule has 0 aliphatic rings. The van der Waals surface area contributed by atoms with E-state index in [4.69, 9.17) is 11.5 Å². The number of rotatable bonds is 4. The third-order valence-corrected chi connectivity index (χ3v) is 4.70. The van der Waals surface area contributed by atoms with Crippen LogP contribution in [0.2, 0.25) is 0 Å². The van der Waals surface area contributed by atoms with E-state index in [1.165, 1.54) is 11.3 Å². The monoisotopic (exact) mass is 326 g/mol. The minimum absolute atomic E-state index is 0.198. The number of carbonyl (C=O) groups is 1. The van der Waals surface area contributed by atoms with Gasteiger partial charge >= 0.3 is 0 Å². The van der Waals surface area contributed by atoms with Crippen LogP contribution in [0.15, 0.2) is 36.4 Å². The van der Waals surface area contributed by atoms with Crippen molar-refractivity contribution in [3.05, 3.63) is 46.8 Å². The molecule has 0 saturated carbocycles. The first-order valence-electron chi connectivity index (χ1n) is 7.35. The van der Waals surface area contributed by atoms with E-state index in [1.807, 2.05) is 43.3 Å². The summed E-state index contributed by atoms with van der Waals surface area (Å²) in [6.07, 6.45) is 0. The lowest BCUT2D eigenvalue weighted by molar-refractivity contribution is 0.0959. The van der Waals surface area contributed by atoms with Crippen molar-refractivity contribution in [2.24, 2.45) is 5.73 Å². The van der Waals surface area contributed by atoms with Crippen LogP contribution in [-0.4, -0.2) is 24.0 Å². The molecule has 5 N–H and O–H groups in total. The zero-order valence-corrected chi connectivity index (χ0v) is 13.6. The van der Waals surface area contributed by atoms with E-state index in [9.17, 15) is 4.79 Å². The fourth-order valence-corrected chi connectivity index (χ4v) is 3.59. The number of aryl methyl sites for hydroxylation is 1. The Labute approximate surface area is 138 Å². The summed E-state index contributed by atoms with van der Waals surface area (Å²) >= 11 is 1.32. The van der Waals surface area contributed by atoms with Gasteiger partial charge in [-0.2, -0.15) is 0 Å². The van der Waals surface area contributed by atoms with E-state index in [0.717, 1.165) is 27.0 Å². The van der Waals surface area contributed by atoms with Crippen LogP contribution >= 0.6 is 11.3 Å². The summed E-state index contributed by atoms with van der Waals surface area (Å²) in [5.41, 5.74) is 15.0. The van der Waals surface area contributed by atoms with Gasteiger partial charge in [-0.3, -0.25) is 4.79 Å². The average molecular weight is 326 g/mol. The molecule has 23 heavy (non-hydrogen) atoms. The van der Waals surface area contributed by atoms with Crippen molar-refractivity contribution in [2.45, 2.75) is 6.92 Å². The molecule has 118 valence electrons. The minimum Gasteiger partial charge on any atom is -0.397 e. The molecule has 0 spiro atoms. The highest BCUT2D eigenvalue weighted by molar-refractivity contribution is 7.21. The van der Waals surface area contributed by atoms with Crippen LogP contribution in [-0.2, 0) is 0 Å². The first-order valence-corrected chi connectivity index (χ1v) is 8.16. The van der Waals surface area contributed by atoms with E-state index >= 15 is 0 Å². The zero-order chi connectivity index (χ0) is 16.4. The Morgan fingerprint density at radius 2 is 2.04 bits per heavy atom. The van der Waals surface area contributed by atoms with E-state index in [0.29, 0.717) is 23.7 Å². The lowest BCUT2D eigenvalue weighted by Gasteiger charge is -2.04. The molecule has 0 unspecified atom stereocenters. The number of nitrogen functional groups attached to an aromatic ring is 1. The van der Waals surface area contributed by atoms with Gasteiger partial charge in [-0.25, -0.2) is 4.98 Å². The Morgan fingerprint density at radius 1 is 1.30 bits per heavy atom. The second-order valence-electron chi connectivity index (χ2n) is 5.26. The summed E-state index contributed by atoms with van der Waals surface area (Å²) in [5, 5.41) is 3.61. The average Bonchev–Trinajstić information content (AvgIpc) is 2.91. The molecule has 6 heteroatoms. The molecule has 0 bridgehead atoms. The number of hydrogen-bond donors (Lipinski definition) is 3. The fraction of sp³-hybridized carbons (Fsp3) is 0.176. The summed E-state index contributed by atoms with van der Waals surface area (Å²) in [6.45, 7) is 2.81. The lowest BCUT2D eigenvalue weighted by Crippen LogP contribution is -2.28. The molecule has 0 radical (unpaired) electrons. The number of pyridine rings is 1. The first kappa shape index (κ1) is 15.5. The molecule has 0 atom stereocenters. The van der Waals surface area contributed by atoms with Gasteiger partial charge in [-0.1, -0.05) is 30.3 Å². The first-order chi connectivity index (χ1) is 11.1. The van der Waals surface area contributed by atoms with Crippen molar-refractivity contribution in [2.75, 3.05) is 18.8 Å². The minimum atomic E-state index is -0.198. The zero-order valence-electron chi connectivity index (χ0n) is 12.8. The summed E-state index contributed by atoms with van der Waals surface area (Å²) < 4.78 is 0. The Bertz CT molecular complexity index is 858. The normalized spacial score (nSPS) is 10.9. The molecule has 0 saturated heterocycles. The molecule has 1 aromatic carbocycles. The quantitative estimate of drug-likeness (QED) is 0.687. The lowest BCUT2D eigenvalue weighted by atomic mass is 10.1. The maximum absolute atomic E-state index is 12.2. The third-order valence-electron chi connectivity index (χ3n) is 3.60. The number of nitrogens with zero attached hydrogens (tertiary/aromatic N) is 1. The molecule has 2 heterocycles. The van der Waals surface area contributed by atoms with Crippen molar-refractivity contribution in [1.29, 1.82) is 0 Å². The highest BCUT2D eigenvalue weighted by Crippen LogP contribution is 2.36. The van der Waals surface area contributed by atoms with E-state index in [2.05, 4.69) is 10.3 Å². The molecule has 5 nitrogen and oxygen atoms in total. The Balaban J connectivity index is 2.09. The van der Waals surface area contributed by atoms with Gasteiger partial charge in [-0.05, 0) is 18.6 Å². The summed E-state index contributed by atoms with van der Waals surface area (Å²) in [4.78, 5) is 18.2. The molecule has 3 rings (SSSR count). The SMILES string of the molecule is Cc1cc(-c2ccccc2)nc2sc(C(=O)NCCN)c(N)c12. The van der Waals surface area contributed by atoms with E-state index in [1.54, 1.807) is 0 Å². The highest BCUT2D eigenvalue weighted by Gasteiger charge is 2.19. The van der Waals surface area contributed by atoms with Gasteiger partial charge in [0.25, 0.3) is 5.91 Å². The highest BCUT2D eigenvalue weighted by atomic mass is 32.1. The van der Waals surface area contributed by atoms with Crippen LogP contribution in [0.1, 0.15) is 15.2 Å². The summed E-state index contributed by atoms with van der Waals surface area (Å²) in [7, 11) is 0. The van der Waals surface area contributed by atoms with Crippen molar-refractivity contribution in [3.63, 3.8) is 0 Å². The van der Waals surface area contributed by atoms with Crippen LogP contribution in [0.4, 0.5) is 5.69 Å². The van der Waals surface area contributed by atoms with Gasteiger partial charge in [0.1, 0.15) is 9.71 Å². The molecule has 0 aliphatic heterocycles. The van der Waals surface area contributed by atoms with Crippen molar-refractivity contribution < 1.29 is 4.79 Å². The van der Waals surface area contributed by atoms with Crippen molar-refractivity contribution in [1.82, 2.24) is 10.3 Å². The number of anilines is 1. The molecular formula is C17H18N4OS. The van der Waals surface area contributed by atoms with Gasteiger partial charge in [0.05, 0.1) is 11.4 Å². The fourth-order valence-electron chi connectivity index (χ4n) is 2.50. The summed E-state index contributed by atoms with van der Waals surface area (Å²) in [5.74, 6) is -0.198. The number of thiophene rings is 1. The predicted octanol–water partition coefficient (Wildman–Crippen LogP) is 2.54. The van der Waals surface area contributed by atoms with Crippen LogP contribution in [0.3, 0.4) is 0 Å². The Hall–Kier alpha value is -2.44. The second-order valence-corrected chi connectivity index (χ2v) is 6.26. The third kappa shape index (κ3) is 2.91. The number of nitrogens with two attached hydrogens (primary N) is 2. The smallest absolute Gasteiger partial charge is 0.263 e. The van der Waals surface area contributed by atoms with Crippen LogP contribution in [0.25, 0.3) is 21.5 Å². The van der Waals surface area contributed by atoms with Crippen molar-refractivity contribution in [3.8, 4) is 11.3 Å². The number of benzene rings is 1. The topological polar surface area (TPSA) is 94.0 Å². The Kier molecular flexibility index (Phi) is 4.27. The largest absolute Gasteiger partial charge is 0.397 e. The molecule has 2 aromatic heterocycles. The van der Waals surface area contributed by atoms with Gasteiger partial charge in [-0.15, -0.1) is 11.3 Å². The maximum Gasteiger partial charge on any atom is 0.263 e. The van der Waals surface area contributed by atoms with Gasteiger partial charge in [0, 0.05) is 24.0 Å². The number of fused-ring (bicyclic) bond motifs is 1. The predicted molar refractivity (Wildman–Crippen MR) is 95.6 cm³/mol. The number of aromatic nitrogens is 1. The van der Waals surface area contributed by atoms with Crippen molar-refractivity contribution >= 4 is 33.1 Å². The molecule has 0 aliphatic carbocycles. The molecule has 0 fully saturated rings. The van der Waals surface area contributed by atoms with E-state index < -0.39 is 0 Å². The standard InChI is InChI=1S/C17H18N4OS/c1-10-9-12(11-5-3-2-4-6-11)21-17-13(10)14(19)15(23-17)16(22)20-8-7-18/h2-6,9H,7-8,18-19H2,1H3,(H,20,22). The second kappa shape index (κ2) is 6.36. The molecule has 1 amide bonds. The number of amides is 1.